The van der Waals surface area contributed by atoms with Crippen molar-refractivity contribution in [3.8, 4) is 6.01 Å². The van der Waals surface area contributed by atoms with Gasteiger partial charge in [0.15, 0.2) is 12.0 Å². The zero-order chi connectivity index (χ0) is 15.7. The van der Waals surface area contributed by atoms with Crippen molar-refractivity contribution in [2.75, 3.05) is 19.0 Å². The van der Waals surface area contributed by atoms with E-state index in [-0.39, 0.29) is 23.5 Å². The average Bonchev–Trinajstić information content (AvgIpc) is 2.48. The third-order valence-electron chi connectivity index (χ3n) is 3.16. The van der Waals surface area contributed by atoms with Crippen LogP contribution < -0.4 is 15.6 Å². The first-order valence-electron chi connectivity index (χ1n) is 6.09. The fourth-order valence-corrected chi connectivity index (χ4v) is 2.12. The largest absolute Gasteiger partial charge is 0.468 e. The summed E-state index contributed by atoms with van der Waals surface area (Å²) in [6, 6.07) is 0.0118. The quantitative estimate of drug-likeness (QED) is 0.518. The lowest BCUT2D eigenvalue weighted by Crippen LogP contribution is -2.55. The van der Waals surface area contributed by atoms with Gasteiger partial charge in [-0.1, -0.05) is 11.6 Å². The maximum absolute atomic E-state index is 11.9. The molecule has 0 aromatic carbocycles. The molecular formula is C11H16ClN3O6. The lowest BCUT2D eigenvalue weighted by Gasteiger charge is -2.35. The summed E-state index contributed by atoms with van der Waals surface area (Å²) in [7, 11) is 2.78. The standard InChI is InChI=1S/C11H16ClN3O6/c1-15-10(19)5(12)8(14-11(15)20-2)13-9-7(18)6(17)4(16)3-21-9/h4,6-7,9,13,16-18H,3H2,1-2H3/t4-,6-,7+,9+/m1/s1. The van der Waals surface area contributed by atoms with E-state index in [0.29, 0.717) is 0 Å². The monoisotopic (exact) mass is 321 g/mol. The number of nitrogens with one attached hydrogen (secondary N) is 1. The van der Waals surface area contributed by atoms with Crippen LogP contribution in [-0.2, 0) is 11.8 Å². The highest BCUT2D eigenvalue weighted by atomic mass is 35.5. The molecule has 0 unspecified atom stereocenters. The van der Waals surface area contributed by atoms with Gasteiger partial charge in [-0.2, -0.15) is 4.98 Å². The van der Waals surface area contributed by atoms with Gasteiger partial charge in [0.1, 0.15) is 23.3 Å². The molecule has 0 radical (unpaired) electrons. The second kappa shape index (κ2) is 6.16. The number of nitrogens with zero attached hydrogens (tertiary/aromatic N) is 2. The molecule has 1 saturated heterocycles. The Bertz CT molecular complexity index is 580. The average molecular weight is 322 g/mol. The Kier molecular flexibility index (Phi) is 4.69. The molecule has 4 N–H and O–H groups in total. The summed E-state index contributed by atoms with van der Waals surface area (Å²) in [6.07, 6.45) is -5.07. The van der Waals surface area contributed by atoms with Gasteiger partial charge < -0.3 is 30.1 Å². The van der Waals surface area contributed by atoms with Crippen LogP contribution in [-0.4, -0.2) is 63.1 Å². The SMILES string of the molecule is COc1nc(N[C@H]2OC[C@@H](O)[C@@H](O)[C@@H]2O)c(Cl)c(=O)n1C. The molecule has 1 aliphatic heterocycles. The Morgan fingerprint density at radius 3 is 2.71 bits per heavy atom. The van der Waals surface area contributed by atoms with Crippen LogP contribution in [0.4, 0.5) is 5.82 Å². The third-order valence-corrected chi connectivity index (χ3v) is 3.50. The molecule has 1 aromatic rings. The molecule has 1 aliphatic rings. The zero-order valence-electron chi connectivity index (χ0n) is 11.4. The molecule has 4 atom stereocenters. The van der Waals surface area contributed by atoms with Crippen LogP contribution in [0.3, 0.4) is 0 Å². The molecule has 0 bridgehead atoms. The number of aliphatic hydroxyl groups is 3. The Morgan fingerprint density at radius 1 is 1.43 bits per heavy atom. The van der Waals surface area contributed by atoms with Crippen molar-refractivity contribution in [3.05, 3.63) is 15.4 Å². The Morgan fingerprint density at radius 2 is 2.10 bits per heavy atom. The topological polar surface area (TPSA) is 126 Å². The second-order valence-electron chi connectivity index (χ2n) is 4.57. The lowest BCUT2D eigenvalue weighted by molar-refractivity contribution is -0.178. The van der Waals surface area contributed by atoms with Crippen LogP contribution in [0.15, 0.2) is 4.79 Å². The zero-order valence-corrected chi connectivity index (χ0v) is 12.1. The normalized spacial score (nSPS) is 29.2. The van der Waals surface area contributed by atoms with Gasteiger partial charge in [0.2, 0.25) is 0 Å². The molecule has 0 amide bonds. The van der Waals surface area contributed by atoms with E-state index in [1.165, 1.54) is 14.2 Å². The molecule has 9 nitrogen and oxygen atoms in total. The van der Waals surface area contributed by atoms with E-state index in [1.807, 2.05) is 0 Å². The fourth-order valence-electron chi connectivity index (χ4n) is 1.90. The Labute approximate surface area is 124 Å². The molecule has 118 valence electrons. The molecule has 21 heavy (non-hydrogen) atoms. The molecule has 2 heterocycles. The van der Waals surface area contributed by atoms with Gasteiger partial charge in [0.25, 0.3) is 5.56 Å². The number of aliphatic hydroxyl groups excluding tert-OH is 3. The Balaban J connectivity index is 2.28. The maximum atomic E-state index is 11.9. The predicted octanol–water partition coefficient (Wildman–Crippen LogP) is -1.71. The van der Waals surface area contributed by atoms with E-state index in [9.17, 15) is 20.1 Å². The molecule has 1 aromatic heterocycles. The first-order valence-corrected chi connectivity index (χ1v) is 6.47. The number of hydrogen-bond acceptors (Lipinski definition) is 8. The summed E-state index contributed by atoms with van der Waals surface area (Å²) >= 11 is 5.90. The molecule has 0 spiro atoms. The van der Waals surface area contributed by atoms with Gasteiger partial charge in [0.05, 0.1) is 13.7 Å². The summed E-state index contributed by atoms with van der Waals surface area (Å²) in [5.41, 5.74) is -0.545. The fraction of sp³-hybridized carbons (Fsp3) is 0.636. The first kappa shape index (κ1) is 16.0. The van der Waals surface area contributed by atoms with Crippen molar-refractivity contribution >= 4 is 17.4 Å². The number of halogens is 1. The highest BCUT2D eigenvalue weighted by Crippen LogP contribution is 2.22. The molecular weight excluding hydrogens is 306 g/mol. The molecule has 2 rings (SSSR count). The smallest absolute Gasteiger partial charge is 0.300 e. The van der Waals surface area contributed by atoms with Crippen molar-refractivity contribution in [3.63, 3.8) is 0 Å². The number of ether oxygens (including phenoxy) is 2. The summed E-state index contributed by atoms with van der Waals surface area (Å²) in [5, 5.41) is 31.2. The molecule has 1 fully saturated rings. The minimum atomic E-state index is -1.42. The number of rotatable bonds is 3. The van der Waals surface area contributed by atoms with Gasteiger partial charge in [-0.05, 0) is 0 Å². The van der Waals surface area contributed by atoms with Crippen LogP contribution >= 0.6 is 11.6 Å². The summed E-state index contributed by atoms with van der Waals surface area (Å²) in [5.74, 6) is -0.0516. The van der Waals surface area contributed by atoms with E-state index in [0.717, 1.165) is 4.57 Å². The summed E-state index contributed by atoms with van der Waals surface area (Å²) in [4.78, 5) is 15.9. The first-order chi connectivity index (χ1) is 9.86. The van der Waals surface area contributed by atoms with Crippen LogP contribution in [0.25, 0.3) is 0 Å². The molecule has 0 aliphatic carbocycles. The Hall–Kier alpha value is -1.39. The van der Waals surface area contributed by atoms with E-state index < -0.39 is 30.1 Å². The van der Waals surface area contributed by atoms with Gasteiger partial charge in [-0.3, -0.25) is 9.36 Å². The highest BCUT2D eigenvalue weighted by molar-refractivity contribution is 6.32. The number of anilines is 1. The van der Waals surface area contributed by atoms with Crippen LogP contribution in [0.1, 0.15) is 0 Å². The minimum Gasteiger partial charge on any atom is -0.468 e. The summed E-state index contributed by atoms with van der Waals surface area (Å²) < 4.78 is 11.2. The van der Waals surface area contributed by atoms with Crippen molar-refractivity contribution in [1.82, 2.24) is 9.55 Å². The van der Waals surface area contributed by atoms with E-state index in [4.69, 9.17) is 21.1 Å². The van der Waals surface area contributed by atoms with E-state index in [2.05, 4.69) is 10.3 Å². The highest BCUT2D eigenvalue weighted by Gasteiger charge is 2.38. The van der Waals surface area contributed by atoms with Crippen LogP contribution in [0.5, 0.6) is 6.01 Å². The van der Waals surface area contributed by atoms with Crippen LogP contribution in [0, 0.1) is 0 Å². The van der Waals surface area contributed by atoms with Crippen molar-refractivity contribution in [2.24, 2.45) is 7.05 Å². The molecule has 0 saturated carbocycles. The number of aromatic nitrogens is 2. The van der Waals surface area contributed by atoms with Crippen molar-refractivity contribution in [1.29, 1.82) is 0 Å². The van der Waals surface area contributed by atoms with Crippen LogP contribution in [0.2, 0.25) is 5.02 Å². The predicted molar refractivity (Wildman–Crippen MR) is 72.4 cm³/mol. The molecule has 10 heteroatoms. The van der Waals surface area contributed by atoms with Gasteiger partial charge in [-0.15, -0.1) is 0 Å². The van der Waals surface area contributed by atoms with Gasteiger partial charge in [0, 0.05) is 7.05 Å². The van der Waals surface area contributed by atoms with E-state index in [1.54, 1.807) is 0 Å². The third kappa shape index (κ3) is 2.97. The number of methoxy groups -OCH3 is 1. The lowest BCUT2D eigenvalue weighted by atomic mass is 10.0. The van der Waals surface area contributed by atoms with Gasteiger partial charge in [-0.25, -0.2) is 0 Å². The summed E-state index contributed by atoms with van der Waals surface area (Å²) in [6.45, 7) is -0.185. The van der Waals surface area contributed by atoms with Crippen molar-refractivity contribution < 1.29 is 24.8 Å². The maximum Gasteiger partial charge on any atom is 0.300 e. The van der Waals surface area contributed by atoms with Gasteiger partial charge >= 0.3 is 6.01 Å². The minimum absolute atomic E-state index is 0.0118. The number of hydrogen-bond donors (Lipinski definition) is 4. The van der Waals surface area contributed by atoms with Crippen molar-refractivity contribution in [2.45, 2.75) is 24.5 Å². The second-order valence-corrected chi connectivity index (χ2v) is 4.95. The van der Waals surface area contributed by atoms with E-state index >= 15 is 0 Å².